The van der Waals surface area contributed by atoms with Gasteiger partial charge in [0.1, 0.15) is 6.54 Å². The molecule has 1 aromatic carbocycles. The number of rotatable bonds is 5. The van der Waals surface area contributed by atoms with Gasteiger partial charge in [0.25, 0.3) is 11.8 Å². The van der Waals surface area contributed by atoms with E-state index in [4.69, 9.17) is 14.2 Å². The smallest absolute Gasteiger partial charge is 0.325 e. The highest BCUT2D eigenvalue weighted by atomic mass is 16.5. The molecule has 0 aromatic heterocycles. The number of fused-ring (bicyclic) bond motifs is 1. The zero-order valence-corrected chi connectivity index (χ0v) is 17.1. The van der Waals surface area contributed by atoms with Gasteiger partial charge in [0, 0.05) is 12.2 Å². The van der Waals surface area contributed by atoms with Crippen molar-refractivity contribution < 1.29 is 33.4 Å². The summed E-state index contributed by atoms with van der Waals surface area (Å²) in [5.41, 5.74) is 1.05. The van der Waals surface area contributed by atoms with Crippen molar-refractivity contribution in [1.29, 1.82) is 0 Å². The maximum Gasteiger partial charge on any atom is 0.325 e. The highest BCUT2D eigenvalue weighted by Gasteiger charge is 2.28. The summed E-state index contributed by atoms with van der Waals surface area (Å²) in [5, 5.41) is 4.90. The number of carbonyl (C=O) groups is 4. The molecule has 0 unspecified atom stereocenters. The van der Waals surface area contributed by atoms with Gasteiger partial charge in [-0.2, -0.15) is 0 Å². The van der Waals surface area contributed by atoms with E-state index in [0.29, 0.717) is 43.8 Å². The predicted octanol–water partition coefficient (Wildman–Crippen LogP) is 0.751. The fourth-order valence-electron chi connectivity index (χ4n) is 2.94. The number of ketones is 1. The van der Waals surface area contributed by atoms with E-state index in [0.717, 1.165) is 0 Å². The minimum Gasteiger partial charge on any atom is -0.465 e. The van der Waals surface area contributed by atoms with Gasteiger partial charge in [-0.25, -0.2) is 0 Å². The molecule has 0 fully saturated rings. The van der Waals surface area contributed by atoms with Crippen molar-refractivity contribution in [2.24, 2.45) is 0 Å². The Kier molecular flexibility index (Phi) is 9.96. The van der Waals surface area contributed by atoms with Crippen LogP contribution >= 0.6 is 0 Å². The van der Waals surface area contributed by atoms with Gasteiger partial charge in [-0.3, -0.25) is 19.2 Å². The van der Waals surface area contributed by atoms with Gasteiger partial charge in [0.05, 0.1) is 32.5 Å². The number of amides is 2. The van der Waals surface area contributed by atoms with Crippen LogP contribution in [0.15, 0.2) is 24.3 Å². The number of hydrogen-bond donors (Lipinski definition) is 2. The second-order valence-electron chi connectivity index (χ2n) is 6.70. The second kappa shape index (κ2) is 12.7. The van der Waals surface area contributed by atoms with E-state index < -0.39 is 36.2 Å². The van der Waals surface area contributed by atoms with Crippen LogP contribution < -0.4 is 10.6 Å². The van der Waals surface area contributed by atoms with Crippen molar-refractivity contribution in [3.05, 3.63) is 35.4 Å². The van der Waals surface area contributed by atoms with E-state index in [1.54, 1.807) is 31.2 Å². The van der Waals surface area contributed by atoms with E-state index in [1.165, 1.54) is 0 Å². The molecule has 0 spiro atoms. The number of Topliss-reactive ketones (excluding diaryl/α,β-unsaturated/α-hetero) is 1. The largest absolute Gasteiger partial charge is 0.465 e. The zero-order valence-electron chi connectivity index (χ0n) is 17.1. The van der Waals surface area contributed by atoms with Crippen LogP contribution in [-0.4, -0.2) is 62.6 Å². The van der Waals surface area contributed by atoms with Crippen LogP contribution in [0.5, 0.6) is 0 Å². The summed E-state index contributed by atoms with van der Waals surface area (Å²) in [5.74, 6) is -2.85. The first kappa shape index (κ1) is 23.5. The third-order valence-electron chi connectivity index (χ3n) is 4.47. The summed E-state index contributed by atoms with van der Waals surface area (Å²) < 4.78 is 15.8. The molecule has 30 heavy (non-hydrogen) atoms. The first-order valence-electron chi connectivity index (χ1n) is 10.0. The van der Waals surface area contributed by atoms with Crippen LogP contribution in [0.3, 0.4) is 0 Å². The van der Waals surface area contributed by atoms with Crippen molar-refractivity contribution in [3.63, 3.8) is 0 Å². The molecule has 1 aliphatic heterocycles. The molecule has 0 bridgehead atoms. The molecule has 0 saturated carbocycles. The molecule has 2 amide bonds. The lowest BCUT2D eigenvalue weighted by atomic mass is 10.0. The summed E-state index contributed by atoms with van der Waals surface area (Å²) >= 11 is 0. The van der Waals surface area contributed by atoms with Crippen molar-refractivity contribution >= 4 is 23.6 Å². The standard InChI is InChI=1S/C21H28N2O7/c1-2-30-18(24)13-22-21(27)19(25)17-9-5-6-10-28-11-12-29-14-15-7-3-4-8-16(15)20(26)23-17/h3-4,7-8,17H,2,5-6,9-14H2,1H3,(H,22,27)(H,23,26)/t17-/m0/s1. The number of ether oxygens (including phenoxy) is 3. The summed E-state index contributed by atoms with van der Waals surface area (Å²) in [7, 11) is 0. The van der Waals surface area contributed by atoms with Gasteiger partial charge in [0.2, 0.25) is 5.78 Å². The lowest BCUT2D eigenvalue weighted by Gasteiger charge is -2.19. The van der Waals surface area contributed by atoms with Crippen LogP contribution in [0, 0.1) is 0 Å². The Morgan fingerprint density at radius 2 is 1.90 bits per heavy atom. The molecule has 0 radical (unpaired) electrons. The predicted molar refractivity (Wildman–Crippen MR) is 107 cm³/mol. The van der Waals surface area contributed by atoms with Crippen molar-refractivity contribution in [2.75, 3.05) is 33.0 Å². The fourth-order valence-corrected chi connectivity index (χ4v) is 2.94. The van der Waals surface area contributed by atoms with Crippen molar-refractivity contribution in [2.45, 2.75) is 38.8 Å². The lowest BCUT2D eigenvalue weighted by molar-refractivity contribution is -0.145. The normalized spacial score (nSPS) is 18.3. The first-order valence-corrected chi connectivity index (χ1v) is 10.0. The summed E-state index contributed by atoms with van der Waals surface area (Å²) in [6.07, 6.45) is 1.52. The van der Waals surface area contributed by atoms with Gasteiger partial charge in [0.15, 0.2) is 0 Å². The van der Waals surface area contributed by atoms with Crippen LogP contribution in [0.25, 0.3) is 0 Å². The van der Waals surface area contributed by atoms with Crippen LogP contribution in [0.2, 0.25) is 0 Å². The molecule has 0 aliphatic carbocycles. The number of nitrogens with one attached hydrogen (secondary N) is 2. The SMILES string of the molecule is CCOC(=O)CNC(=O)C(=O)[C@@H]1CCCCOCCOCc2ccccc2C(=O)N1. The molecular weight excluding hydrogens is 392 g/mol. The first-order chi connectivity index (χ1) is 14.5. The molecule has 1 heterocycles. The summed E-state index contributed by atoms with van der Waals surface area (Å²) in [6, 6.07) is 5.90. The van der Waals surface area contributed by atoms with Gasteiger partial charge >= 0.3 is 5.97 Å². The molecule has 164 valence electrons. The molecule has 0 saturated heterocycles. The monoisotopic (exact) mass is 420 g/mol. The molecule has 9 heteroatoms. The Morgan fingerprint density at radius 3 is 2.70 bits per heavy atom. The highest BCUT2D eigenvalue weighted by molar-refractivity contribution is 6.38. The van der Waals surface area contributed by atoms with Gasteiger partial charge in [-0.05, 0) is 37.8 Å². The van der Waals surface area contributed by atoms with Crippen LogP contribution in [0.1, 0.15) is 42.1 Å². The van der Waals surface area contributed by atoms with E-state index in [1.807, 2.05) is 0 Å². The minimum absolute atomic E-state index is 0.173. The Bertz CT molecular complexity index is 751. The molecule has 2 N–H and O–H groups in total. The lowest BCUT2D eigenvalue weighted by Crippen LogP contribution is -2.48. The van der Waals surface area contributed by atoms with Crippen molar-refractivity contribution in [3.8, 4) is 0 Å². The van der Waals surface area contributed by atoms with Gasteiger partial charge < -0.3 is 24.8 Å². The number of benzene rings is 1. The van der Waals surface area contributed by atoms with E-state index in [-0.39, 0.29) is 19.6 Å². The maximum absolute atomic E-state index is 12.8. The Balaban J connectivity index is 2.11. The third-order valence-corrected chi connectivity index (χ3v) is 4.47. The quantitative estimate of drug-likeness (QED) is 0.533. The molecule has 1 aromatic rings. The third kappa shape index (κ3) is 7.57. The Hall–Kier alpha value is -2.78. The van der Waals surface area contributed by atoms with E-state index in [9.17, 15) is 19.2 Å². The topological polar surface area (TPSA) is 120 Å². The Labute approximate surface area is 175 Å². The molecule has 1 atom stereocenters. The zero-order chi connectivity index (χ0) is 21.8. The van der Waals surface area contributed by atoms with E-state index in [2.05, 4.69) is 10.6 Å². The minimum atomic E-state index is -1.02. The molecule has 2 rings (SSSR count). The number of carbonyl (C=O) groups excluding carboxylic acids is 4. The van der Waals surface area contributed by atoms with E-state index >= 15 is 0 Å². The van der Waals surface area contributed by atoms with Crippen molar-refractivity contribution in [1.82, 2.24) is 10.6 Å². The molecule has 1 aliphatic rings. The van der Waals surface area contributed by atoms with Crippen LogP contribution in [0.4, 0.5) is 0 Å². The maximum atomic E-state index is 12.8. The van der Waals surface area contributed by atoms with Gasteiger partial charge in [-0.1, -0.05) is 18.2 Å². The average Bonchev–Trinajstić information content (AvgIpc) is 2.74. The number of esters is 1. The van der Waals surface area contributed by atoms with Gasteiger partial charge in [-0.15, -0.1) is 0 Å². The summed E-state index contributed by atoms with van der Waals surface area (Å²) in [6.45, 7) is 2.97. The fraction of sp³-hybridized carbons (Fsp3) is 0.524. The van der Waals surface area contributed by atoms with Crippen LogP contribution in [-0.2, 0) is 35.2 Å². The molecule has 9 nitrogen and oxygen atoms in total. The Morgan fingerprint density at radius 1 is 1.13 bits per heavy atom. The summed E-state index contributed by atoms with van der Waals surface area (Å²) in [4.78, 5) is 49.1. The molecular formula is C21H28N2O7. The average molecular weight is 420 g/mol. The number of hydrogen-bond acceptors (Lipinski definition) is 7. The highest BCUT2D eigenvalue weighted by Crippen LogP contribution is 2.12. The second-order valence-corrected chi connectivity index (χ2v) is 6.70.